The number of carbonyl (C=O) groups is 3. The number of rotatable bonds is 5. The van der Waals surface area contributed by atoms with Gasteiger partial charge in [0.15, 0.2) is 5.78 Å². The molecule has 3 aromatic rings. The number of hydrogen-bond acceptors (Lipinski definition) is 4. The predicted molar refractivity (Wildman–Crippen MR) is 142 cm³/mol. The van der Waals surface area contributed by atoms with Gasteiger partial charge in [0, 0.05) is 16.9 Å². The third kappa shape index (κ3) is 7.44. The van der Waals surface area contributed by atoms with Crippen molar-refractivity contribution in [3.8, 4) is 11.1 Å². The molecule has 1 atom stereocenters. The van der Waals surface area contributed by atoms with Gasteiger partial charge in [-0.3, -0.25) is 9.59 Å². The number of Topliss-reactive ketones (excluding diaryl/α,β-unsaturated/α-hetero) is 1. The molecule has 1 unspecified atom stereocenters. The Morgan fingerprint density at radius 3 is 2.15 bits per heavy atom. The molecule has 0 saturated carbocycles. The van der Waals surface area contributed by atoms with Gasteiger partial charge in [-0.25, -0.2) is 4.79 Å². The highest BCUT2D eigenvalue weighted by Crippen LogP contribution is 2.34. The van der Waals surface area contributed by atoms with E-state index in [1.807, 2.05) is 0 Å². The Morgan fingerprint density at radius 2 is 1.54 bits per heavy atom. The molecule has 4 N–H and O–H groups in total. The Kier molecular flexibility index (Phi) is 9.13. The number of benzene rings is 3. The molecule has 0 bridgehead atoms. The number of aryl methyl sites for hydroxylation is 1. The van der Waals surface area contributed by atoms with Crippen LogP contribution in [0.2, 0.25) is 0 Å². The maximum atomic E-state index is 12.8. The molecule has 0 fully saturated rings. The summed E-state index contributed by atoms with van der Waals surface area (Å²) in [5.41, 5.74) is 0.178. The van der Waals surface area contributed by atoms with Crippen molar-refractivity contribution in [3.63, 3.8) is 0 Å². The first-order valence-electron chi connectivity index (χ1n) is 12.3. The molecule has 1 aliphatic carbocycles. The van der Waals surface area contributed by atoms with Crippen LogP contribution in [0.1, 0.15) is 54.6 Å². The summed E-state index contributed by atoms with van der Waals surface area (Å²) in [6.07, 6.45) is -3.57. The van der Waals surface area contributed by atoms with E-state index in [2.05, 4.69) is 24.5 Å². The summed E-state index contributed by atoms with van der Waals surface area (Å²) in [5.74, 6) is -1.85. The molecule has 0 radical (unpaired) electrons. The van der Waals surface area contributed by atoms with E-state index in [1.54, 1.807) is 42.5 Å². The summed E-state index contributed by atoms with van der Waals surface area (Å²) in [6, 6.07) is 15.3. The van der Waals surface area contributed by atoms with Gasteiger partial charge in [0.2, 0.25) is 0 Å². The molecule has 7 nitrogen and oxygen atoms in total. The van der Waals surface area contributed by atoms with Crippen molar-refractivity contribution < 1.29 is 37.8 Å². The molecule has 206 valence electrons. The Labute approximate surface area is 223 Å². The van der Waals surface area contributed by atoms with Crippen LogP contribution in [0, 0.1) is 0 Å². The van der Waals surface area contributed by atoms with Crippen LogP contribution in [0.5, 0.6) is 0 Å². The third-order valence-electron chi connectivity index (χ3n) is 5.95. The molecule has 0 aliphatic heterocycles. The average molecular weight is 543 g/mol. The monoisotopic (exact) mass is 542 g/mol. The molecule has 1 aliphatic rings. The second-order valence-corrected chi connectivity index (χ2v) is 9.25. The van der Waals surface area contributed by atoms with Crippen molar-refractivity contribution in [3.05, 3.63) is 83.4 Å². The molecule has 0 saturated heterocycles. The first kappa shape index (κ1) is 29.4. The Bertz CT molecular complexity index is 1360. The predicted octanol–water partition coefficient (Wildman–Crippen LogP) is 6.77. The first-order chi connectivity index (χ1) is 18.4. The summed E-state index contributed by atoms with van der Waals surface area (Å²) in [4.78, 5) is 35.9. The summed E-state index contributed by atoms with van der Waals surface area (Å²) in [5, 5.41) is 24.4. The van der Waals surface area contributed by atoms with Crippen LogP contribution in [0.25, 0.3) is 11.1 Å². The standard InChI is InChI=1S/C26H21F3N2O5.C3H8/c27-26(28,29)18-2-1-3-20(13-18)31-24(35)30-19-7-4-15(5-8-19)16-6-9-21-17(12-16)10-11-25(36,23(21)34)14-22(32)33;1-3-2/h1-9,12-13,36H,10-11,14H2,(H,32,33)(H2,30,31,35);3H2,1-2H3. The van der Waals surface area contributed by atoms with Crippen molar-refractivity contribution in [1.82, 2.24) is 0 Å². The van der Waals surface area contributed by atoms with Crippen LogP contribution in [0.4, 0.5) is 29.3 Å². The van der Waals surface area contributed by atoms with Crippen LogP contribution < -0.4 is 10.6 Å². The number of carbonyl (C=O) groups excluding carboxylic acids is 2. The fraction of sp³-hybridized carbons (Fsp3) is 0.276. The van der Waals surface area contributed by atoms with Gasteiger partial charge in [-0.2, -0.15) is 13.2 Å². The quantitative estimate of drug-likeness (QED) is 0.284. The van der Waals surface area contributed by atoms with Crippen molar-refractivity contribution in [2.45, 2.75) is 51.3 Å². The number of hydrogen-bond donors (Lipinski definition) is 4. The number of anilines is 2. The minimum absolute atomic E-state index is 0.00203. The minimum atomic E-state index is -4.52. The SMILES string of the molecule is CCC.O=C(O)CC1(O)CCc2cc(-c3ccc(NC(=O)Nc4cccc(C(F)(F)F)c4)cc3)ccc2C1=O. The largest absolute Gasteiger partial charge is 0.481 e. The highest BCUT2D eigenvalue weighted by molar-refractivity contribution is 6.06. The number of halogens is 3. The number of carboxylic acids is 1. The Hall–Kier alpha value is -4.18. The van der Waals surface area contributed by atoms with Crippen LogP contribution in [-0.4, -0.2) is 33.6 Å². The van der Waals surface area contributed by atoms with Crippen LogP contribution >= 0.6 is 0 Å². The van der Waals surface area contributed by atoms with E-state index in [4.69, 9.17) is 5.11 Å². The van der Waals surface area contributed by atoms with Gasteiger partial charge < -0.3 is 20.8 Å². The van der Waals surface area contributed by atoms with Gasteiger partial charge in [0.05, 0.1) is 12.0 Å². The normalized spacial score (nSPS) is 16.4. The fourth-order valence-corrected chi connectivity index (χ4v) is 4.14. The van der Waals surface area contributed by atoms with Gasteiger partial charge in [-0.15, -0.1) is 0 Å². The molecule has 0 spiro atoms. The van der Waals surface area contributed by atoms with E-state index in [0.29, 0.717) is 23.2 Å². The fourth-order valence-electron chi connectivity index (χ4n) is 4.14. The summed E-state index contributed by atoms with van der Waals surface area (Å²) in [6.45, 7) is 4.25. The lowest BCUT2D eigenvalue weighted by Gasteiger charge is -2.30. The smallest absolute Gasteiger partial charge is 0.416 e. The summed E-state index contributed by atoms with van der Waals surface area (Å²) < 4.78 is 38.5. The highest BCUT2D eigenvalue weighted by atomic mass is 19.4. The molecule has 2 amide bonds. The molecule has 10 heteroatoms. The number of aliphatic carboxylic acids is 1. The summed E-state index contributed by atoms with van der Waals surface area (Å²) in [7, 11) is 0. The van der Waals surface area contributed by atoms with Crippen LogP contribution in [0.3, 0.4) is 0 Å². The molecule has 0 aromatic heterocycles. The van der Waals surface area contributed by atoms with E-state index >= 15 is 0 Å². The third-order valence-corrected chi connectivity index (χ3v) is 5.95. The number of aliphatic hydroxyl groups is 1. The van der Waals surface area contributed by atoms with E-state index in [0.717, 1.165) is 23.3 Å². The zero-order valence-electron chi connectivity index (χ0n) is 21.4. The number of alkyl halides is 3. The number of amides is 2. The van der Waals surface area contributed by atoms with Crippen molar-refractivity contribution >= 4 is 29.2 Å². The van der Waals surface area contributed by atoms with Gasteiger partial charge in [0.25, 0.3) is 0 Å². The topological polar surface area (TPSA) is 116 Å². The van der Waals surface area contributed by atoms with Crippen molar-refractivity contribution in [1.29, 1.82) is 0 Å². The molecule has 0 heterocycles. The van der Waals surface area contributed by atoms with Gasteiger partial charge in [-0.1, -0.05) is 56.7 Å². The van der Waals surface area contributed by atoms with Crippen molar-refractivity contribution in [2.24, 2.45) is 0 Å². The zero-order chi connectivity index (χ0) is 28.8. The first-order valence-corrected chi connectivity index (χ1v) is 12.3. The highest BCUT2D eigenvalue weighted by Gasteiger charge is 2.42. The number of fused-ring (bicyclic) bond motifs is 1. The lowest BCUT2D eigenvalue weighted by Crippen LogP contribution is -2.44. The average Bonchev–Trinajstić information content (AvgIpc) is 2.86. The number of urea groups is 1. The summed E-state index contributed by atoms with van der Waals surface area (Å²) >= 11 is 0. The van der Waals surface area contributed by atoms with E-state index in [9.17, 15) is 32.7 Å². The van der Waals surface area contributed by atoms with E-state index < -0.39 is 41.5 Å². The number of carboxylic acid groups (broad SMARTS) is 1. The minimum Gasteiger partial charge on any atom is -0.481 e. The van der Waals surface area contributed by atoms with Crippen LogP contribution in [0.15, 0.2) is 66.7 Å². The number of ketones is 1. The maximum Gasteiger partial charge on any atom is 0.416 e. The van der Waals surface area contributed by atoms with Crippen LogP contribution in [-0.2, 0) is 17.4 Å². The molecular weight excluding hydrogens is 513 g/mol. The second-order valence-electron chi connectivity index (χ2n) is 9.25. The zero-order valence-corrected chi connectivity index (χ0v) is 21.4. The van der Waals surface area contributed by atoms with Crippen molar-refractivity contribution in [2.75, 3.05) is 10.6 Å². The lowest BCUT2D eigenvalue weighted by molar-refractivity contribution is -0.141. The lowest BCUT2D eigenvalue weighted by atomic mass is 9.77. The molecular formula is C29H29F3N2O5. The Balaban J connectivity index is 0.00000134. The molecule has 39 heavy (non-hydrogen) atoms. The molecule has 4 rings (SSSR count). The number of nitrogens with one attached hydrogen (secondary N) is 2. The molecule has 3 aromatic carbocycles. The second kappa shape index (κ2) is 12.1. The van der Waals surface area contributed by atoms with Gasteiger partial charge in [0.1, 0.15) is 5.60 Å². The maximum absolute atomic E-state index is 12.8. The van der Waals surface area contributed by atoms with Gasteiger partial charge >= 0.3 is 18.2 Å². The van der Waals surface area contributed by atoms with Gasteiger partial charge in [-0.05, 0) is 59.9 Å². The van der Waals surface area contributed by atoms with E-state index in [1.165, 1.54) is 18.6 Å². The Morgan fingerprint density at radius 1 is 0.923 bits per heavy atom. The van der Waals surface area contributed by atoms with E-state index in [-0.39, 0.29) is 12.1 Å².